The van der Waals surface area contributed by atoms with Crippen LogP contribution in [0.5, 0.6) is 0 Å². The molecule has 0 radical (unpaired) electrons. The number of benzene rings is 1. The van der Waals surface area contributed by atoms with E-state index < -0.39 is 35.3 Å². The maximum Gasteiger partial charge on any atom is 0.416 e. The lowest BCUT2D eigenvalue weighted by atomic mass is 9.89. The molecule has 3 aliphatic heterocycles. The second-order valence-electron chi connectivity index (χ2n) is 7.80. The van der Waals surface area contributed by atoms with Crippen LogP contribution >= 0.6 is 0 Å². The van der Waals surface area contributed by atoms with E-state index in [1.807, 2.05) is 0 Å². The van der Waals surface area contributed by atoms with Crippen LogP contribution in [0.2, 0.25) is 0 Å². The molecule has 1 spiro atoms. The van der Waals surface area contributed by atoms with Crippen LogP contribution in [0.4, 0.5) is 18.0 Å². The van der Waals surface area contributed by atoms with Crippen molar-refractivity contribution in [2.45, 2.75) is 38.1 Å². The van der Waals surface area contributed by atoms with Crippen molar-refractivity contribution in [3.05, 3.63) is 46.0 Å². The molecular formula is C20H19F3N2O5. The topological polar surface area (TPSA) is 87.2 Å². The zero-order chi connectivity index (χ0) is 21.8. The van der Waals surface area contributed by atoms with Crippen molar-refractivity contribution in [3.8, 4) is 0 Å². The minimum atomic E-state index is -4.49. The van der Waals surface area contributed by atoms with Gasteiger partial charge in [0.15, 0.2) is 5.60 Å². The van der Waals surface area contributed by atoms with Gasteiger partial charge in [0, 0.05) is 31.6 Å². The number of amides is 2. The predicted octanol–water partition coefficient (Wildman–Crippen LogP) is 2.59. The number of carboxylic acid groups (broad SMARTS) is 1. The number of rotatable bonds is 1. The van der Waals surface area contributed by atoms with Crippen LogP contribution in [-0.2, 0) is 33.5 Å². The predicted molar refractivity (Wildman–Crippen MR) is 96.3 cm³/mol. The van der Waals surface area contributed by atoms with Gasteiger partial charge in [0.05, 0.1) is 17.7 Å². The molecule has 30 heavy (non-hydrogen) atoms. The van der Waals surface area contributed by atoms with Gasteiger partial charge in [-0.05, 0) is 36.6 Å². The molecule has 1 aromatic carbocycles. The van der Waals surface area contributed by atoms with Gasteiger partial charge in [0.2, 0.25) is 0 Å². The first-order chi connectivity index (χ1) is 14.0. The molecule has 1 saturated heterocycles. The van der Waals surface area contributed by atoms with Gasteiger partial charge < -0.3 is 19.6 Å². The van der Waals surface area contributed by atoms with Crippen LogP contribution in [-0.4, -0.2) is 58.1 Å². The molecule has 3 aliphatic rings. The Morgan fingerprint density at radius 2 is 1.90 bits per heavy atom. The fraction of sp³-hybridized carbons (Fsp3) is 0.450. The standard InChI is InChI=1S/C20H19F3N2O5/c1-11-15(19(30-17(11)27)5-7-25(10-19)18(28)29)16(26)24-6-4-12-2-3-14(20(21,22)23)8-13(12)9-24/h2-3,8H,4-7,9-10H2,1H3,(H,28,29). The smallest absolute Gasteiger partial charge is 0.416 e. The van der Waals surface area contributed by atoms with Gasteiger partial charge >= 0.3 is 18.2 Å². The molecule has 10 heteroatoms. The molecule has 2 amide bonds. The first-order valence-electron chi connectivity index (χ1n) is 9.43. The molecule has 0 aliphatic carbocycles. The van der Waals surface area contributed by atoms with Gasteiger partial charge in [-0.2, -0.15) is 13.2 Å². The average Bonchev–Trinajstić information content (AvgIpc) is 3.21. The lowest BCUT2D eigenvalue weighted by Crippen LogP contribution is -2.45. The Bertz CT molecular complexity index is 987. The molecule has 4 rings (SSSR count). The van der Waals surface area contributed by atoms with Crippen LogP contribution in [0.25, 0.3) is 0 Å². The first-order valence-corrected chi connectivity index (χ1v) is 9.43. The second-order valence-corrected chi connectivity index (χ2v) is 7.80. The molecule has 0 aromatic heterocycles. The van der Waals surface area contributed by atoms with Gasteiger partial charge in [-0.3, -0.25) is 4.79 Å². The van der Waals surface area contributed by atoms with Crippen molar-refractivity contribution < 1.29 is 37.4 Å². The highest BCUT2D eigenvalue weighted by atomic mass is 19.4. The summed E-state index contributed by atoms with van der Waals surface area (Å²) in [5.41, 5.74) is -0.766. The maximum atomic E-state index is 13.3. The highest BCUT2D eigenvalue weighted by Crippen LogP contribution is 2.42. The normalized spacial score (nSPS) is 23.8. The summed E-state index contributed by atoms with van der Waals surface area (Å²) in [4.78, 5) is 39.4. The minimum absolute atomic E-state index is 0.0260. The van der Waals surface area contributed by atoms with E-state index in [0.29, 0.717) is 12.0 Å². The van der Waals surface area contributed by atoms with E-state index in [2.05, 4.69) is 0 Å². The van der Waals surface area contributed by atoms with Gasteiger partial charge in [-0.1, -0.05) is 6.07 Å². The Kier molecular flexibility index (Phi) is 4.55. The van der Waals surface area contributed by atoms with E-state index in [9.17, 15) is 32.7 Å². The monoisotopic (exact) mass is 424 g/mol. The lowest BCUT2D eigenvalue weighted by Gasteiger charge is -2.33. The number of fused-ring (bicyclic) bond motifs is 1. The third kappa shape index (κ3) is 3.20. The van der Waals surface area contributed by atoms with Gasteiger partial charge in [-0.25, -0.2) is 9.59 Å². The van der Waals surface area contributed by atoms with E-state index in [0.717, 1.165) is 22.6 Å². The van der Waals surface area contributed by atoms with E-state index >= 15 is 0 Å². The van der Waals surface area contributed by atoms with Crippen LogP contribution in [0.1, 0.15) is 30.0 Å². The van der Waals surface area contributed by atoms with Crippen molar-refractivity contribution in [3.63, 3.8) is 0 Å². The highest BCUT2D eigenvalue weighted by molar-refractivity contribution is 6.07. The fourth-order valence-electron chi connectivity index (χ4n) is 4.40. The molecule has 1 unspecified atom stereocenters. The summed E-state index contributed by atoms with van der Waals surface area (Å²) in [6.07, 6.45) is -5.12. The molecule has 7 nitrogen and oxygen atoms in total. The van der Waals surface area contributed by atoms with Crippen molar-refractivity contribution in [2.24, 2.45) is 0 Å². The number of hydrogen-bond donors (Lipinski definition) is 1. The number of likely N-dealkylation sites (tertiary alicyclic amines) is 1. The van der Waals surface area contributed by atoms with Crippen LogP contribution < -0.4 is 0 Å². The Morgan fingerprint density at radius 3 is 2.53 bits per heavy atom. The molecule has 160 valence electrons. The van der Waals surface area contributed by atoms with Crippen molar-refractivity contribution in [2.75, 3.05) is 19.6 Å². The SMILES string of the molecule is CC1=C(C(=O)N2CCc3ccc(C(F)(F)F)cc3C2)C2(CCN(C(=O)O)C2)OC1=O. The number of hydrogen-bond acceptors (Lipinski definition) is 4. The number of nitrogens with zero attached hydrogens (tertiary/aromatic N) is 2. The fourth-order valence-corrected chi connectivity index (χ4v) is 4.40. The molecular weight excluding hydrogens is 405 g/mol. The second kappa shape index (κ2) is 6.75. The van der Waals surface area contributed by atoms with E-state index in [4.69, 9.17) is 4.74 Å². The van der Waals surface area contributed by atoms with Crippen LogP contribution in [0.15, 0.2) is 29.3 Å². The largest absolute Gasteiger partial charge is 0.465 e. The number of ether oxygens (including phenoxy) is 1. The molecule has 1 fully saturated rings. The first kappa shape index (κ1) is 20.2. The number of esters is 1. The summed E-state index contributed by atoms with van der Waals surface area (Å²) in [5, 5.41) is 9.25. The summed E-state index contributed by atoms with van der Waals surface area (Å²) in [7, 11) is 0. The summed E-state index contributed by atoms with van der Waals surface area (Å²) >= 11 is 0. The molecule has 1 atom stereocenters. The Morgan fingerprint density at radius 1 is 1.17 bits per heavy atom. The summed E-state index contributed by atoms with van der Waals surface area (Å²) < 4.78 is 44.6. The van der Waals surface area contributed by atoms with Gasteiger partial charge in [-0.15, -0.1) is 0 Å². The molecule has 0 bridgehead atoms. The third-order valence-electron chi connectivity index (χ3n) is 5.97. The Labute approximate surface area is 169 Å². The number of carbonyl (C=O) groups excluding carboxylic acids is 2. The number of halogens is 3. The van der Waals surface area contributed by atoms with Crippen molar-refractivity contribution in [1.82, 2.24) is 9.80 Å². The zero-order valence-electron chi connectivity index (χ0n) is 16.1. The van der Waals surface area contributed by atoms with E-state index in [1.54, 1.807) is 0 Å². The average molecular weight is 424 g/mol. The summed E-state index contributed by atoms with van der Waals surface area (Å²) in [5.74, 6) is -1.18. The third-order valence-corrected chi connectivity index (χ3v) is 5.97. The van der Waals surface area contributed by atoms with E-state index in [1.165, 1.54) is 17.9 Å². The molecule has 1 aromatic rings. The Balaban J connectivity index is 1.63. The van der Waals surface area contributed by atoms with Gasteiger partial charge in [0.1, 0.15) is 0 Å². The minimum Gasteiger partial charge on any atom is -0.465 e. The van der Waals surface area contributed by atoms with Crippen molar-refractivity contribution >= 4 is 18.0 Å². The van der Waals surface area contributed by atoms with Gasteiger partial charge in [0.25, 0.3) is 5.91 Å². The Hall–Kier alpha value is -3.04. The molecule has 1 N–H and O–H groups in total. The lowest BCUT2D eigenvalue weighted by molar-refractivity contribution is -0.146. The van der Waals surface area contributed by atoms with Crippen molar-refractivity contribution in [1.29, 1.82) is 0 Å². The highest BCUT2D eigenvalue weighted by Gasteiger charge is 2.55. The van der Waals surface area contributed by atoms with Crippen LogP contribution in [0.3, 0.4) is 0 Å². The zero-order valence-corrected chi connectivity index (χ0v) is 16.1. The molecule has 3 heterocycles. The molecule has 0 saturated carbocycles. The summed E-state index contributed by atoms with van der Waals surface area (Å²) in [6.45, 7) is 1.68. The maximum absolute atomic E-state index is 13.3. The number of carbonyl (C=O) groups is 3. The van der Waals surface area contributed by atoms with E-state index in [-0.39, 0.29) is 43.7 Å². The number of alkyl halides is 3. The quantitative estimate of drug-likeness (QED) is 0.701. The van der Waals surface area contributed by atoms with Crippen LogP contribution in [0, 0.1) is 0 Å². The summed E-state index contributed by atoms with van der Waals surface area (Å²) in [6, 6.07) is 3.50.